The van der Waals surface area contributed by atoms with E-state index >= 15 is 0 Å². The summed E-state index contributed by atoms with van der Waals surface area (Å²) in [7, 11) is 0. The molecular weight excluding hydrogens is 344 g/mol. The van der Waals surface area contributed by atoms with Crippen molar-refractivity contribution in [2.45, 2.75) is 13.3 Å². The molecule has 4 amide bonds. The Morgan fingerprint density at radius 1 is 1.11 bits per heavy atom. The molecule has 2 aromatic rings. The fourth-order valence-electron chi connectivity index (χ4n) is 2.77. The van der Waals surface area contributed by atoms with Crippen LogP contribution in [0, 0.1) is 6.92 Å². The monoisotopic (exact) mass is 362 g/mol. The highest BCUT2D eigenvalue weighted by Crippen LogP contribution is 2.24. The quantitative estimate of drug-likeness (QED) is 0.497. The summed E-state index contributed by atoms with van der Waals surface area (Å²) in [6, 6.07) is 10.8. The maximum atomic E-state index is 12.8. The summed E-state index contributed by atoms with van der Waals surface area (Å²) >= 11 is 0. The number of hydrogen-bond acceptors (Lipinski definition) is 4. The molecule has 0 saturated carbocycles. The number of imide groups is 2. The number of phenols is 1. The van der Waals surface area contributed by atoms with Gasteiger partial charge in [-0.15, -0.1) is 6.58 Å². The number of amides is 4. The maximum Gasteiger partial charge on any atom is 0.335 e. The lowest BCUT2D eigenvalue weighted by molar-refractivity contribution is -0.122. The van der Waals surface area contributed by atoms with Gasteiger partial charge in [-0.25, -0.2) is 9.69 Å². The molecule has 0 aromatic heterocycles. The molecule has 6 heteroatoms. The molecule has 136 valence electrons. The van der Waals surface area contributed by atoms with Crippen LogP contribution in [0.5, 0.6) is 5.75 Å². The van der Waals surface area contributed by atoms with Crippen LogP contribution in [0.3, 0.4) is 0 Å². The van der Waals surface area contributed by atoms with Gasteiger partial charge in [-0.05, 0) is 54.8 Å². The molecule has 0 aliphatic carbocycles. The largest absolute Gasteiger partial charge is 0.508 e. The highest BCUT2D eigenvalue weighted by molar-refractivity contribution is 6.39. The SMILES string of the molecule is C=CCc1cc(/C=C2\C(=O)NC(=O)N(c3ccc(C)cc3)C2=O)ccc1O. The van der Waals surface area contributed by atoms with Crippen molar-refractivity contribution in [3.05, 3.63) is 77.4 Å². The van der Waals surface area contributed by atoms with Gasteiger partial charge in [0.2, 0.25) is 0 Å². The molecule has 0 atom stereocenters. The Hall–Kier alpha value is -3.67. The van der Waals surface area contributed by atoms with Crippen LogP contribution in [-0.2, 0) is 16.0 Å². The molecule has 0 unspecified atom stereocenters. The van der Waals surface area contributed by atoms with Crippen LogP contribution in [0.2, 0.25) is 0 Å². The number of hydrogen-bond donors (Lipinski definition) is 2. The molecule has 1 aliphatic heterocycles. The minimum Gasteiger partial charge on any atom is -0.508 e. The molecule has 1 saturated heterocycles. The van der Waals surface area contributed by atoms with Gasteiger partial charge in [-0.1, -0.05) is 29.8 Å². The zero-order valence-electron chi connectivity index (χ0n) is 14.7. The van der Waals surface area contributed by atoms with Crippen molar-refractivity contribution in [2.24, 2.45) is 0 Å². The summed E-state index contributed by atoms with van der Waals surface area (Å²) in [5.41, 5.74) is 2.37. The number of benzene rings is 2. The van der Waals surface area contributed by atoms with E-state index in [1.165, 1.54) is 12.1 Å². The van der Waals surface area contributed by atoms with E-state index in [2.05, 4.69) is 11.9 Å². The smallest absolute Gasteiger partial charge is 0.335 e. The first kappa shape index (κ1) is 18.1. The standard InChI is InChI=1S/C21H18N2O4/c1-3-4-15-11-14(7-10-18(15)24)12-17-19(25)22-21(27)23(20(17)26)16-8-5-13(2)6-9-16/h3,5-12,24H,1,4H2,2H3,(H,22,25,27)/b17-12+. The van der Waals surface area contributed by atoms with Crippen molar-refractivity contribution < 1.29 is 19.5 Å². The summed E-state index contributed by atoms with van der Waals surface area (Å²) < 4.78 is 0. The van der Waals surface area contributed by atoms with Crippen LogP contribution >= 0.6 is 0 Å². The first-order valence-corrected chi connectivity index (χ1v) is 8.31. The van der Waals surface area contributed by atoms with Crippen LogP contribution < -0.4 is 10.2 Å². The Labute approximate surface area is 156 Å². The highest BCUT2D eigenvalue weighted by Gasteiger charge is 2.36. The lowest BCUT2D eigenvalue weighted by Gasteiger charge is -2.26. The zero-order valence-corrected chi connectivity index (χ0v) is 14.7. The molecule has 0 bridgehead atoms. The van der Waals surface area contributed by atoms with Crippen LogP contribution in [-0.4, -0.2) is 23.0 Å². The summed E-state index contributed by atoms with van der Waals surface area (Å²) in [4.78, 5) is 38.2. The Kier molecular flexibility index (Phi) is 4.90. The second-order valence-electron chi connectivity index (χ2n) is 6.17. The van der Waals surface area contributed by atoms with E-state index in [-0.39, 0.29) is 11.3 Å². The summed E-state index contributed by atoms with van der Waals surface area (Å²) in [6.07, 6.45) is 3.48. The zero-order chi connectivity index (χ0) is 19.6. The molecule has 1 aliphatic rings. The Bertz CT molecular complexity index is 974. The Morgan fingerprint density at radius 2 is 1.81 bits per heavy atom. The molecule has 2 aromatic carbocycles. The van der Waals surface area contributed by atoms with Crippen molar-refractivity contribution in [1.82, 2.24) is 5.32 Å². The summed E-state index contributed by atoms with van der Waals surface area (Å²) in [6.45, 7) is 5.53. The summed E-state index contributed by atoms with van der Waals surface area (Å²) in [5.74, 6) is -1.36. The fraction of sp³-hybridized carbons (Fsp3) is 0.0952. The molecule has 2 N–H and O–H groups in total. The van der Waals surface area contributed by atoms with Crippen molar-refractivity contribution in [2.75, 3.05) is 4.90 Å². The second-order valence-corrected chi connectivity index (χ2v) is 6.17. The Balaban J connectivity index is 2.00. The van der Waals surface area contributed by atoms with Gasteiger partial charge in [0.05, 0.1) is 5.69 Å². The van der Waals surface area contributed by atoms with E-state index in [0.29, 0.717) is 23.2 Å². The van der Waals surface area contributed by atoms with Gasteiger partial charge in [0, 0.05) is 0 Å². The number of carbonyl (C=O) groups excluding carboxylic acids is 3. The van der Waals surface area contributed by atoms with Crippen molar-refractivity contribution in [3.8, 4) is 5.75 Å². The van der Waals surface area contributed by atoms with Gasteiger partial charge >= 0.3 is 6.03 Å². The number of carbonyl (C=O) groups is 3. The minimum absolute atomic E-state index is 0.105. The maximum absolute atomic E-state index is 12.8. The van der Waals surface area contributed by atoms with Crippen molar-refractivity contribution in [1.29, 1.82) is 0 Å². The van der Waals surface area contributed by atoms with Crippen LogP contribution in [0.15, 0.2) is 60.7 Å². The Morgan fingerprint density at radius 3 is 2.48 bits per heavy atom. The minimum atomic E-state index is -0.788. The van der Waals surface area contributed by atoms with E-state index in [1.54, 1.807) is 42.5 Å². The number of nitrogens with zero attached hydrogens (tertiary/aromatic N) is 1. The third-order valence-electron chi connectivity index (χ3n) is 4.17. The number of aryl methyl sites for hydroxylation is 1. The molecule has 0 radical (unpaired) electrons. The third kappa shape index (κ3) is 3.64. The van der Waals surface area contributed by atoms with Gasteiger partial charge in [-0.2, -0.15) is 0 Å². The van der Waals surface area contributed by atoms with E-state index in [4.69, 9.17) is 0 Å². The molecule has 1 fully saturated rings. The van der Waals surface area contributed by atoms with Crippen molar-refractivity contribution in [3.63, 3.8) is 0 Å². The van der Waals surface area contributed by atoms with Gasteiger partial charge in [0.25, 0.3) is 11.8 Å². The van der Waals surface area contributed by atoms with E-state index in [1.807, 2.05) is 6.92 Å². The van der Waals surface area contributed by atoms with Gasteiger partial charge < -0.3 is 5.11 Å². The second kappa shape index (κ2) is 7.29. The average molecular weight is 362 g/mol. The number of urea groups is 1. The van der Waals surface area contributed by atoms with Crippen molar-refractivity contribution >= 4 is 29.6 Å². The van der Waals surface area contributed by atoms with E-state index in [0.717, 1.165) is 10.5 Å². The van der Waals surface area contributed by atoms with Gasteiger partial charge in [0.15, 0.2) is 0 Å². The number of allylic oxidation sites excluding steroid dienone is 1. The third-order valence-corrected chi connectivity index (χ3v) is 4.17. The molecule has 27 heavy (non-hydrogen) atoms. The van der Waals surface area contributed by atoms with Gasteiger partial charge in [-0.3, -0.25) is 14.9 Å². The predicted molar refractivity (Wildman–Crippen MR) is 102 cm³/mol. The van der Waals surface area contributed by atoms with Crippen LogP contribution in [0.1, 0.15) is 16.7 Å². The first-order valence-electron chi connectivity index (χ1n) is 8.31. The number of nitrogens with one attached hydrogen (secondary N) is 1. The van der Waals surface area contributed by atoms with Crippen LogP contribution in [0.25, 0.3) is 6.08 Å². The normalized spacial score (nSPS) is 15.8. The van der Waals surface area contributed by atoms with Crippen LogP contribution in [0.4, 0.5) is 10.5 Å². The van der Waals surface area contributed by atoms with E-state index in [9.17, 15) is 19.5 Å². The number of barbiturate groups is 1. The molecular formula is C21H18N2O4. The predicted octanol–water partition coefficient (Wildman–Crippen LogP) is 3.10. The lowest BCUT2D eigenvalue weighted by Crippen LogP contribution is -2.54. The summed E-state index contributed by atoms with van der Waals surface area (Å²) in [5, 5.41) is 12.0. The molecule has 3 rings (SSSR count). The number of anilines is 1. The molecule has 6 nitrogen and oxygen atoms in total. The number of aromatic hydroxyl groups is 1. The first-order chi connectivity index (χ1) is 12.9. The number of phenolic OH excluding ortho intramolecular Hbond substituents is 1. The average Bonchev–Trinajstić information content (AvgIpc) is 2.63. The van der Waals surface area contributed by atoms with Gasteiger partial charge in [0.1, 0.15) is 11.3 Å². The molecule has 0 spiro atoms. The lowest BCUT2D eigenvalue weighted by atomic mass is 10.0. The topological polar surface area (TPSA) is 86.7 Å². The number of rotatable bonds is 4. The molecule has 1 heterocycles. The highest BCUT2D eigenvalue weighted by atomic mass is 16.3. The fourth-order valence-corrected chi connectivity index (χ4v) is 2.77. The van der Waals surface area contributed by atoms with E-state index < -0.39 is 17.8 Å².